The fourth-order valence-corrected chi connectivity index (χ4v) is 3.21. The SMILES string of the molecule is CC(CC(=O)N[C@H](C(=O)O)c1ccccc1)NC(=O)C1CCCCC1. The van der Waals surface area contributed by atoms with Crippen molar-refractivity contribution in [3.05, 3.63) is 35.9 Å². The zero-order chi connectivity index (χ0) is 18.2. The molecule has 3 N–H and O–H groups in total. The van der Waals surface area contributed by atoms with E-state index in [9.17, 15) is 19.5 Å². The van der Waals surface area contributed by atoms with Crippen molar-refractivity contribution in [2.24, 2.45) is 5.92 Å². The third-order valence-corrected chi connectivity index (χ3v) is 4.54. The lowest BCUT2D eigenvalue weighted by Gasteiger charge is -2.23. The second-order valence-corrected chi connectivity index (χ2v) is 6.70. The van der Waals surface area contributed by atoms with Gasteiger partial charge in [-0.2, -0.15) is 0 Å². The summed E-state index contributed by atoms with van der Waals surface area (Å²) in [6.45, 7) is 1.76. The van der Waals surface area contributed by atoms with Crippen molar-refractivity contribution in [2.75, 3.05) is 0 Å². The molecule has 6 nitrogen and oxygen atoms in total. The third-order valence-electron chi connectivity index (χ3n) is 4.54. The lowest BCUT2D eigenvalue weighted by atomic mass is 9.88. The van der Waals surface area contributed by atoms with Crippen molar-refractivity contribution in [1.82, 2.24) is 10.6 Å². The Balaban J connectivity index is 1.85. The van der Waals surface area contributed by atoms with Crippen LogP contribution in [-0.2, 0) is 14.4 Å². The fraction of sp³-hybridized carbons (Fsp3) is 0.526. The predicted molar refractivity (Wildman–Crippen MR) is 93.8 cm³/mol. The van der Waals surface area contributed by atoms with E-state index in [1.807, 2.05) is 0 Å². The highest BCUT2D eigenvalue weighted by Gasteiger charge is 2.25. The molecule has 0 bridgehead atoms. The van der Waals surface area contributed by atoms with Crippen LogP contribution in [0.15, 0.2) is 30.3 Å². The minimum Gasteiger partial charge on any atom is -0.479 e. The first-order valence-electron chi connectivity index (χ1n) is 8.85. The molecule has 1 aliphatic carbocycles. The molecule has 0 spiro atoms. The van der Waals surface area contributed by atoms with Crippen LogP contribution in [-0.4, -0.2) is 28.9 Å². The molecule has 1 aromatic rings. The molecular weight excluding hydrogens is 320 g/mol. The molecule has 2 amide bonds. The standard InChI is InChI=1S/C19H26N2O4/c1-13(20-18(23)15-10-6-3-7-11-15)12-16(22)21-17(19(24)25)14-8-4-2-5-9-14/h2,4-5,8-9,13,15,17H,3,6-7,10-12H2,1H3,(H,20,23)(H,21,22)(H,24,25)/t13?,17-/m0/s1. The van der Waals surface area contributed by atoms with E-state index in [0.717, 1.165) is 25.7 Å². The Labute approximate surface area is 148 Å². The average molecular weight is 346 g/mol. The molecule has 1 aromatic carbocycles. The smallest absolute Gasteiger partial charge is 0.330 e. The maximum atomic E-state index is 12.2. The van der Waals surface area contributed by atoms with Crippen molar-refractivity contribution in [3.63, 3.8) is 0 Å². The first-order chi connectivity index (χ1) is 12.0. The van der Waals surface area contributed by atoms with E-state index < -0.39 is 17.9 Å². The Bertz CT molecular complexity index is 597. The van der Waals surface area contributed by atoms with Crippen LogP contribution in [0.4, 0.5) is 0 Å². The molecule has 0 radical (unpaired) electrons. The van der Waals surface area contributed by atoms with Crippen molar-refractivity contribution in [2.45, 2.75) is 57.5 Å². The molecule has 1 unspecified atom stereocenters. The summed E-state index contributed by atoms with van der Waals surface area (Å²) < 4.78 is 0. The van der Waals surface area contributed by atoms with Gasteiger partial charge in [-0.05, 0) is 25.3 Å². The largest absolute Gasteiger partial charge is 0.479 e. The Kier molecular flexibility index (Phi) is 6.98. The van der Waals surface area contributed by atoms with E-state index >= 15 is 0 Å². The number of carboxylic acid groups (broad SMARTS) is 1. The van der Waals surface area contributed by atoms with E-state index in [0.29, 0.717) is 5.56 Å². The normalized spacial score (nSPS) is 17.3. The zero-order valence-corrected chi connectivity index (χ0v) is 14.5. The number of amides is 2. The number of hydrogen-bond donors (Lipinski definition) is 3. The Morgan fingerprint density at radius 3 is 2.32 bits per heavy atom. The van der Waals surface area contributed by atoms with E-state index in [1.165, 1.54) is 6.42 Å². The molecule has 0 heterocycles. The Morgan fingerprint density at radius 1 is 1.08 bits per heavy atom. The van der Waals surface area contributed by atoms with Crippen LogP contribution in [0.3, 0.4) is 0 Å². The summed E-state index contributed by atoms with van der Waals surface area (Å²) in [5.74, 6) is -1.47. The van der Waals surface area contributed by atoms with Gasteiger partial charge in [0.05, 0.1) is 0 Å². The van der Waals surface area contributed by atoms with Crippen molar-refractivity contribution in [1.29, 1.82) is 0 Å². The molecular formula is C19H26N2O4. The highest BCUT2D eigenvalue weighted by molar-refractivity contribution is 5.85. The summed E-state index contributed by atoms with van der Waals surface area (Å²) in [6, 6.07) is 7.14. The number of rotatable bonds is 7. The van der Waals surface area contributed by atoms with Gasteiger partial charge in [0, 0.05) is 18.4 Å². The van der Waals surface area contributed by atoms with Gasteiger partial charge in [-0.1, -0.05) is 49.6 Å². The summed E-state index contributed by atoms with van der Waals surface area (Å²) in [5.41, 5.74) is 0.516. The summed E-state index contributed by atoms with van der Waals surface area (Å²) in [4.78, 5) is 35.8. The van der Waals surface area contributed by atoms with E-state index in [2.05, 4.69) is 10.6 Å². The van der Waals surface area contributed by atoms with Gasteiger partial charge in [0.25, 0.3) is 0 Å². The average Bonchev–Trinajstić information content (AvgIpc) is 2.60. The molecule has 2 atom stereocenters. The molecule has 0 saturated heterocycles. The van der Waals surface area contributed by atoms with E-state index in [-0.39, 0.29) is 24.3 Å². The molecule has 6 heteroatoms. The minimum atomic E-state index is -1.11. The number of carbonyl (C=O) groups is 3. The maximum absolute atomic E-state index is 12.2. The lowest BCUT2D eigenvalue weighted by Crippen LogP contribution is -2.42. The number of aliphatic carboxylic acids is 1. The zero-order valence-electron chi connectivity index (χ0n) is 14.5. The van der Waals surface area contributed by atoms with Gasteiger partial charge in [-0.15, -0.1) is 0 Å². The Morgan fingerprint density at radius 2 is 1.72 bits per heavy atom. The molecule has 1 fully saturated rings. The number of nitrogens with one attached hydrogen (secondary N) is 2. The van der Waals surface area contributed by atoms with Crippen LogP contribution < -0.4 is 10.6 Å². The van der Waals surface area contributed by atoms with Crippen molar-refractivity contribution >= 4 is 17.8 Å². The molecule has 0 aliphatic heterocycles. The van der Waals surface area contributed by atoms with Crippen molar-refractivity contribution < 1.29 is 19.5 Å². The second-order valence-electron chi connectivity index (χ2n) is 6.70. The lowest BCUT2D eigenvalue weighted by molar-refractivity contribution is -0.142. The number of carbonyl (C=O) groups excluding carboxylic acids is 2. The summed E-state index contributed by atoms with van der Waals surface area (Å²) in [6.07, 6.45) is 5.18. The molecule has 1 saturated carbocycles. The van der Waals surface area contributed by atoms with E-state index in [4.69, 9.17) is 0 Å². The number of benzene rings is 1. The molecule has 0 aromatic heterocycles. The van der Waals surface area contributed by atoms with Gasteiger partial charge in [-0.3, -0.25) is 9.59 Å². The van der Waals surface area contributed by atoms with Gasteiger partial charge < -0.3 is 15.7 Å². The molecule has 136 valence electrons. The van der Waals surface area contributed by atoms with Gasteiger partial charge in [-0.25, -0.2) is 4.79 Å². The molecule has 2 rings (SSSR count). The monoisotopic (exact) mass is 346 g/mol. The maximum Gasteiger partial charge on any atom is 0.330 e. The summed E-state index contributed by atoms with van der Waals surface area (Å²) in [7, 11) is 0. The van der Waals surface area contributed by atoms with Crippen LogP contribution in [0.5, 0.6) is 0 Å². The van der Waals surface area contributed by atoms with Crippen LogP contribution in [0.25, 0.3) is 0 Å². The number of hydrogen-bond acceptors (Lipinski definition) is 3. The summed E-state index contributed by atoms with van der Waals surface area (Å²) >= 11 is 0. The first-order valence-corrected chi connectivity index (χ1v) is 8.85. The third kappa shape index (κ3) is 5.89. The van der Waals surface area contributed by atoms with Crippen LogP contribution in [0.1, 0.15) is 57.1 Å². The fourth-order valence-electron chi connectivity index (χ4n) is 3.21. The van der Waals surface area contributed by atoms with Crippen LogP contribution in [0, 0.1) is 5.92 Å². The predicted octanol–water partition coefficient (Wildman–Crippen LogP) is 2.40. The second kappa shape index (κ2) is 9.20. The highest BCUT2D eigenvalue weighted by Crippen LogP contribution is 2.23. The van der Waals surface area contributed by atoms with Crippen LogP contribution >= 0.6 is 0 Å². The highest BCUT2D eigenvalue weighted by atomic mass is 16.4. The van der Waals surface area contributed by atoms with E-state index in [1.54, 1.807) is 37.3 Å². The summed E-state index contributed by atoms with van der Waals surface area (Å²) in [5, 5.41) is 14.7. The molecule has 25 heavy (non-hydrogen) atoms. The quantitative estimate of drug-likeness (QED) is 0.706. The van der Waals surface area contributed by atoms with Gasteiger partial charge in [0.2, 0.25) is 11.8 Å². The van der Waals surface area contributed by atoms with Gasteiger partial charge in [0.15, 0.2) is 6.04 Å². The van der Waals surface area contributed by atoms with Gasteiger partial charge >= 0.3 is 5.97 Å². The number of carboxylic acids is 1. The van der Waals surface area contributed by atoms with Gasteiger partial charge in [0.1, 0.15) is 0 Å². The molecule has 1 aliphatic rings. The first kappa shape index (κ1) is 19.0. The van der Waals surface area contributed by atoms with Crippen LogP contribution in [0.2, 0.25) is 0 Å². The van der Waals surface area contributed by atoms with Crippen molar-refractivity contribution in [3.8, 4) is 0 Å². The topological polar surface area (TPSA) is 95.5 Å². The minimum absolute atomic E-state index is 0.00200. The Hall–Kier alpha value is -2.37.